The maximum atomic E-state index is 5.67. The second-order valence-corrected chi connectivity index (χ2v) is 8.30. The number of rotatable bonds is 9. The Morgan fingerprint density at radius 3 is 2.39 bits per heavy atom. The number of hydrogen-bond donors (Lipinski definition) is 2. The van der Waals surface area contributed by atoms with Crippen molar-refractivity contribution in [2.24, 2.45) is 4.99 Å². The lowest BCUT2D eigenvalue weighted by atomic mass is 9.74. The van der Waals surface area contributed by atoms with Crippen molar-refractivity contribution in [3.05, 3.63) is 59.2 Å². The molecule has 0 spiro atoms. The van der Waals surface area contributed by atoms with Crippen LogP contribution in [0.5, 0.6) is 11.5 Å². The average Bonchev–Trinajstić information content (AvgIpc) is 2.84. The van der Waals surface area contributed by atoms with Crippen LogP contribution in [0.4, 0.5) is 0 Å². The molecule has 1 aliphatic rings. The molecule has 2 aromatic rings. The van der Waals surface area contributed by atoms with Gasteiger partial charge in [-0.15, -0.1) is 24.0 Å². The summed E-state index contributed by atoms with van der Waals surface area (Å²) < 4.78 is 16.5. The summed E-state index contributed by atoms with van der Waals surface area (Å²) in [6.45, 7) is 8.03. The monoisotopic (exact) mass is 567 g/mol. The van der Waals surface area contributed by atoms with Crippen LogP contribution in [-0.4, -0.2) is 53.0 Å². The Bertz CT molecular complexity index is 881. The first-order chi connectivity index (χ1) is 15.6. The second kappa shape index (κ2) is 13.6. The summed E-state index contributed by atoms with van der Waals surface area (Å²) in [5.74, 6) is 2.66. The highest BCUT2D eigenvalue weighted by molar-refractivity contribution is 14.0. The summed E-state index contributed by atoms with van der Waals surface area (Å²) in [5, 5.41) is 6.88. The van der Waals surface area contributed by atoms with Crippen molar-refractivity contribution in [1.82, 2.24) is 10.6 Å². The van der Waals surface area contributed by atoms with Crippen LogP contribution in [0.25, 0.3) is 0 Å². The van der Waals surface area contributed by atoms with Crippen molar-refractivity contribution in [3.63, 3.8) is 0 Å². The third-order valence-corrected chi connectivity index (χ3v) is 6.21. The van der Waals surface area contributed by atoms with Gasteiger partial charge in [-0.3, -0.25) is 4.99 Å². The van der Waals surface area contributed by atoms with E-state index in [0.29, 0.717) is 0 Å². The first-order valence-electron chi connectivity index (χ1n) is 11.5. The van der Waals surface area contributed by atoms with Gasteiger partial charge in [0.05, 0.1) is 20.8 Å². The molecule has 0 radical (unpaired) electrons. The van der Waals surface area contributed by atoms with Crippen LogP contribution in [-0.2, 0) is 16.6 Å². The van der Waals surface area contributed by atoms with E-state index in [0.717, 1.165) is 75.1 Å². The number of benzene rings is 2. The van der Waals surface area contributed by atoms with E-state index < -0.39 is 0 Å². The summed E-state index contributed by atoms with van der Waals surface area (Å²) in [6.07, 6.45) is 2.83. The quantitative estimate of drug-likeness (QED) is 0.266. The minimum Gasteiger partial charge on any atom is -0.497 e. The van der Waals surface area contributed by atoms with Crippen LogP contribution in [0.1, 0.15) is 36.5 Å². The molecule has 182 valence electrons. The normalized spacial score (nSPS) is 15.3. The Morgan fingerprint density at radius 1 is 1.03 bits per heavy atom. The molecule has 0 unspecified atom stereocenters. The molecule has 0 aromatic heterocycles. The third kappa shape index (κ3) is 7.50. The van der Waals surface area contributed by atoms with Crippen LogP contribution in [0.15, 0.2) is 47.5 Å². The predicted molar refractivity (Wildman–Crippen MR) is 146 cm³/mol. The van der Waals surface area contributed by atoms with Crippen LogP contribution < -0.4 is 20.1 Å². The van der Waals surface area contributed by atoms with Gasteiger partial charge in [-0.2, -0.15) is 0 Å². The number of halogens is 1. The summed E-state index contributed by atoms with van der Waals surface area (Å²) in [7, 11) is 3.42. The molecule has 0 saturated carbocycles. The molecule has 2 N–H and O–H groups in total. The topological polar surface area (TPSA) is 64.1 Å². The molecule has 1 fully saturated rings. The Hall–Kier alpha value is -2.00. The summed E-state index contributed by atoms with van der Waals surface area (Å²) in [6, 6.07) is 14.8. The molecule has 7 heteroatoms. The molecule has 6 nitrogen and oxygen atoms in total. The molecule has 0 bridgehead atoms. The smallest absolute Gasteiger partial charge is 0.191 e. The van der Waals surface area contributed by atoms with Crippen molar-refractivity contribution < 1.29 is 14.2 Å². The zero-order valence-electron chi connectivity index (χ0n) is 20.3. The molecule has 1 aliphatic heterocycles. The van der Waals surface area contributed by atoms with Gasteiger partial charge in [0.2, 0.25) is 0 Å². The highest BCUT2D eigenvalue weighted by Gasteiger charge is 2.34. The Morgan fingerprint density at radius 2 is 1.76 bits per heavy atom. The summed E-state index contributed by atoms with van der Waals surface area (Å²) in [4.78, 5) is 4.99. The zero-order valence-corrected chi connectivity index (χ0v) is 22.6. The van der Waals surface area contributed by atoms with E-state index in [1.54, 1.807) is 14.2 Å². The lowest BCUT2D eigenvalue weighted by Gasteiger charge is -2.36. The number of aryl methyl sites for hydroxylation is 1. The lowest BCUT2D eigenvalue weighted by molar-refractivity contribution is 0.0531. The first kappa shape index (κ1) is 27.2. The van der Waals surface area contributed by atoms with E-state index in [2.05, 4.69) is 54.8 Å². The largest absolute Gasteiger partial charge is 0.497 e. The average molecular weight is 568 g/mol. The molecule has 33 heavy (non-hydrogen) atoms. The highest BCUT2D eigenvalue weighted by atomic mass is 127. The van der Waals surface area contributed by atoms with Crippen molar-refractivity contribution >= 4 is 29.9 Å². The minimum absolute atomic E-state index is 0. The third-order valence-electron chi connectivity index (χ3n) is 6.21. The SMILES string of the molecule is CCNC(=NCC1(c2ccc(OC)cc2)CCOCC1)NCCc1ccc(C)c(OC)c1.I. The van der Waals surface area contributed by atoms with Crippen molar-refractivity contribution in [2.75, 3.05) is 47.1 Å². The minimum atomic E-state index is -0.0167. The van der Waals surface area contributed by atoms with Gasteiger partial charge < -0.3 is 24.8 Å². The molecule has 1 saturated heterocycles. The van der Waals surface area contributed by atoms with Crippen LogP contribution in [0.2, 0.25) is 0 Å². The molecule has 0 aliphatic carbocycles. The number of nitrogens with zero attached hydrogens (tertiary/aromatic N) is 1. The van der Waals surface area contributed by atoms with E-state index >= 15 is 0 Å². The van der Waals surface area contributed by atoms with Gasteiger partial charge in [0, 0.05) is 31.7 Å². The Balaban J connectivity index is 0.00000385. The van der Waals surface area contributed by atoms with Crippen LogP contribution in [0.3, 0.4) is 0 Å². The number of aliphatic imine (C=N–C) groups is 1. The number of hydrogen-bond acceptors (Lipinski definition) is 4. The maximum absolute atomic E-state index is 5.67. The van der Waals surface area contributed by atoms with E-state index in [-0.39, 0.29) is 29.4 Å². The molecule has 1 heterocycles. The fourth-order valence-electron chi connectivity index (χ4n) is 4.16. The highest BCUT2D eigenvalue weighted by Crippen LogP contribution is 2.36. The Labute approximate surface area is 215 Å². The fourth-order valence-corrected chi connectivity index (χ4v) is 4.16. The van der Waals surface area contributed by atoms with Gasteiger partial charge in [-0.25, -0.2) is 0 Å². The van der Waals surface area contributed by atoms with E-state index in [4.69, 9.17) is 19.2 Å². The molecule has 2 aromatic carbocycles. The van der Waals surface area contributed by atoms with Gasteiger partial charge in [0.1, 0.15) is 11.5 Å². The fraction of sp³-hybridized carbons (Fsp3) is 0.500. The van der Waals surface area contributed by atoms with Gasteiger partial charge in [0.15, 0.2) is 5.96 Å². The maximum Gasteiger partial charge on any atom is 0.191 e. The first-order valence-corrected chi connectivity index (χ1v) is 11.5. The number of nitrogens with one attached hydrogen (secondary N) is 2. The standard InChI is InChI=1S/C26H37N3O3.HI/c1-5-27-25(28-15-12-21-7-6-20(2)24(18-21)31-4)29-19-26(13-16-32-17-14-26)22-8-10-23(30-3)11-9-22;/h6-11,18H,5,12-17,19H2,1-4H3,(H2,27,28,29);1H. The molecule has 3 rings (SSSR count). The van der Waals surface area contributed by atoms with Gasteiger partial charge in [-0.1, -0.05) is 24.3 Å². The molecular formula is C26H38IN3O3. The zero-order chi connectivity index (χ0) is 22.8. The van der Waals surface area contributed by atoms with Gasteiger partial charge in [0.25, 0.3) is 0 Å². The van der Waals surface area contributed by atoms with Crippen molar-refractivity contribution in [2.45, 2.75) is 38.5 Å². The van der Waals surface area contributed by atoms with E-state index in [1.807, 2.05) is 12.1 Å². The second-order valence-electron chi connectivity index (χ2n) is 8.30. The summed E-state index contributed by atoms with van der Waals surface area (Å²) >= 11 is 0. The molecular weight excluding hydrogens is 529 g/mol. The lowest BCUT2D eigenvalue weighted by Crippen LogP contribution is -2.41. The molecule has 0 atom stereocenters. The van der Waals surface area contributed by atoms with Gasteiger partial charge in [-0.05, 0) is 68.0 Å². The van der Waals surface area contributed by atoms with Gasteiger partial charge >= 0.3 is 0 Å². The molecule has 0 amide bonds. The van der Waals surface area contributed by atoms with E-state index in [1.165, 1.54) is 11.1 Å². The van der Waals surface area contributed by atoms with Crippen LogP contribution in [0, 0.1) is 6.92 Å². The Kier molecular flexibility index (Phi) is 11.3. The van der Waals surface area contributed by atoms with E-state index in [9.17, 15) is 0 Å². The number of ether oxygens (including phenoxy) is 3. The van der Waals surface area contributed by atoms with Crippen LogP contribution >= 0.6 is 24.0 Å². The number of methoxy groups -OCH3 is 2. The predicted octanol–water partition coefficient (Wildman–Crippen LogP) is 4.48. The number of guanidine groups is 1. The van der Waals surface area contributed by atoms with Crippen molar-refractivity contribution in [1.29, 1.82) is 0 Å². The van der Waals surface area contributed by atoms with Crippen molar-refractivity contribution in [3.8, 4) is 11.5 Å². The summed E-state index contributed by atoms with van der Waals surface area (Å²) in [5.41, 5.74) is 3.68.